The van der Waals surface area contributed by atoms with Crippen molar-refractivity contribution in [3.05, 3.63) is 0 Å². The van der Waals surface area contributed by atoms with Gasteiger partial charge in [-0.2, -0.15) is 0 Å². The maximum absolute atomic E-state index is 2.65. The minimum absolute atomic E-state index is 0.934. The SMILES string of the molecule is [CH3][Sn]([CH3])([CH3])[C]12CCC(CC1)CC2. The molecule has 0 aromatic heterocycles. The van der Waals surface area contributed by atoms with Crippen LogP contribution >= 0.6 is 0 Å². The van der Waals surface area contributed by atoms with Gasteiger partial charge in [-0.05, 0) is 0 Å². The Hall–Kier alpha value is 0.799. The molecular formula is C11H22Sn. The molecule has 0 amide bonds. The second-order valence-corrected chi connectivity index (χ2v) is 21.9. The van der Waals surface area contributed by atoms with Crippen LogP contribution in [0, 0.1) is 5.92 Å². The normalized spacial score (nSPS) is 41.8. The van der Waals surface area contributed by atoms with Gasteiger partial charge in [0.2, 0.25) is 0 Å². The van der Waals surface area contributed by atoms with E-state index in [1.165, 1.54) is 0 Å². The summed E-state index contributed by atoms with van der Waals surface area (Å²) in [6, 6.07) is 0. The second-order valence-electron chi connectivity index (χ2n) is 6.01. The van der Waals surface area contributed by atoms with Crippen molar-refractivity contribution in [3.63, 3.8) is 0 Å². The van der Waals surface area contributed by atoms with Crippen molar-refractivity contribution < 1.29 is 0 Å². The van der Waals surface area contributed by atoms with Crippen molar-refractivity contribution in [1.29, 1.82) is 0 Å². The predicted molar refractivity (Wildman–Crippen MR) is 57.2 cm³/mol. The van der Waals surface area contributed by atoms with Crippen molar-refractivity contribution in [1.82, 2.24) is 0 Å². The Balaban J connectivity index is 2.19. The van der Waals surface area contributed by atoms with Crippen molar-refractivity contribution in [2.24, 2.45) is 5.92 Å². The van der Waals surface area contributed by atoms with E-state index in [-0.39, 0.29) is 0 Å². The molecule has 3 fully saturated rings. The molecule has 3 saturated carbocycles. The van der Waals surface area contributed by atoms with Gasteiger partial charge in [-0.3, -0.25) is 0 Å². The third kappa shape index (κ3) is 1.34. The summed E-state index contributed by atoms with van der Waals surface area (Å²) < 4.78 is 0.934. The first-order chi connectivity index (χ1) is 5.54. The van der Waals surface area contributed by atoms with E-state index in [0.717, 1.165) is 9.35 Å². The zero-order valence-corrected chi connectivity index (χ0v) is 11.7. The van der Waals surface area contributed by atoms with E-state index >= 15 is 0 Å². The van der Waals surface area contributed by atoms with Gasteiger partial charge < -0.3 is 0 Å². The van der Waals surface area contributed by atoms with Gasteiger partial charge in [-0.25, -0.2) is 0 Å². The quantitative estimate of drug-likeness (QED) is 0.632. The standard InChI is InChI=1S/C8H13.3CH3.Sn/c1-2-8-5-3-7(1)4-6-8;;;;/h7H,1-6H2;3*1H3;. The molecule has 2 bridgehead atoms. The average Bonchev–Trinajstić information content (AvgIpc) is 2.06. The van der Waals surface area contributed by atoms with E-state index < -0.39 is 18.4 Å². The van der Waals surface area contributed by atoms with Crippen LogP contribution in [0.25, 0.3) is 0 Å². The number of fused-ring (bicyclic) bond motifs is 3. The Morgan fingerprint density at radius 3 is 1.58 bits per heavy atom. The van der Waals surface area contributed by atoms with Crippen LogP contribution in [-0.2, 0) is 0 Å². The number of hydrogen-bond acceptors (Lipinski definition) is 0. The van der Waals surface area contributed by atoms with E-state index in [0.29, 0.717) is 0 Å². The predicted octanol–water partition coefficient (Wildman–Crippen LogP) is 4.05. The molecule has 3 rings (SSSR count). The Morgan fingerprint density at radius 1 is 0.917 bits per heavy atom. The van der Waals surface area contributed by atoms with Crippen molar-refractivity contribution in [3.8, 4) is 0 Å². The molecule has 0 heterocycles. The fraction of sp³-hybridized carbons (Fsp3) is 1.00. The molecule has 0 aromatic rings. The van der Waals surface area contributed by atoms with Crippen molar-refractivity contribution >= 4 is 18.4 Å². The van der Waals surface area contributed by atoms with E-state index in [9.17, 15) is 0 Å². The van der Waals surface area contributed by atoms with E-state index in [1.807, 2.05) is 0 Å². The summed E-state index contributed by atoms with van der Waals surface area (Å²) in [5.74, 6) is 1.14. The molecule has 0 unspecified atom stereocenters. The van der Waals surface area contributed by atoms with Gasteiger partial charge in [0.15, 0.2) is 0 Å². The maximum atomic E-state index is 2.65. The molecule has 0 aliphatic heterocycles. The Morgan fingerprint density at radius 2 is 1.33 bits per heavy atom. The topological polar surface area (TPSA) is 0 Å². The summed E-state index contributed by atoms with van der Waals surface area (Å²) in [5.41, 5.74) is 0. The monoisotopic (exact) mass is 274 g/mol. The van der Waals surface area contributed by atoms with Gasteiger partial charge in [0.1, 0.15) is 0 Å². The average molecular weight is 273 g/mol. The van der Waals surface area contributed by atoms with Crippen LogP contribution < -0.4 is 0 Å². The van der Waals surface area contributed by atoms with Crippen LogP contribution in [0.2, 0.25) is 18.2 Å². The van der Waals surface area contributed by atoms with Gasteiger partial charge in [0.05, 0.1) is 0 Å². The zero-order chi connectivity index (χ0) is 8.82. The van der Waals surface area contributed by atoms with Crippen LogP contribution in [0.5, 0.6) is 0 Å². The fourth-order valence-electron chi connectivity index (χ4n) is 3.37. The molecule has 70 valence electrons. The molecular weight excluding hydrogens is 251 g/mol. The molecule has 0 atom stereocenters. The molecule has 3 aliphatic rings. The van der Waals surface area contributed by atoms with Crippen LogP contribution in [0.4, 0.5) is 0 Å². The van der Waals surface area contributed by atoms with Gasteiger partial charge >= 0.3 is 81.1 Å². The Kier molecular flexibility index (Phi) is 2.26. The first kappa shape index (κ1) is 9.36. The number of rotatable bonds is 1. The van der Waals surface area contributed by atoms with Crippen molar-refractivity contribution in [2.75, 3.05) is 0 Å². The van der Waals surface area contributed by atoms with Gasteiger partial charge in [0, 0.05) is 0 Å². The van der Waals surface area contributed by atoms with Gasteiger partial charge in [-0.15, -0.1) is 0 Å². The van der Waals surface area contributed by atoms with E-state index in [4.69, 9.17) is 0 Å². The van der Waals surface area contributed by atoms with Crippen LogP contribution in [-0.4, -0.2) is 18.4 Å². The summed E-state index contributed by atoms with van der Waals surface area (Å²) in [6.07, 6.45) is 9.56. The molecule has 12 heavy (non-hydrogen) atoms. The fourth-order valence-corrected chi connectivity index (χ4v) is 11.0. The zero-order valence-electron chi connectivity index (χ0n) is 8.82. The summed E-state index contributed by atoms with van der Waals surface area (Å²) in [5, 5.41) is 0. The summed E-state index contributed by atoms with van der Waals surface area (Å²) in [7, 11) is 0. The Bertz CT molecular complexity index is 156. The van der Waals surface area contributed by atoms with Gasteiger partial charge in [-0.1, -0.05) is 0 Å². The third-order valence-electron chi connectivity index (χ3n) is 4.68. The summed E-state index contributed by atoms with van der Waals surface area (Å²) in [6.45, 7) is 0. The summed E-state index contributed by atoms with van der Waals surface area (Å²) >= 11 is -1.60. The number of hydrogen-bond donors (Lipinski definition) is 0. The van der Waals surface area contributed by atoms with Gasteiger partial charge in [0.25, 0.3) is 0 Å². The molecule has 0 N–H and O–H groups in total. The van der Waals surface area contributed by atoms with Crippen LogP contribution in [0.1, 0.15) is 38.5 Å². The molecule has 0 saturated heterocycles. The summed E-state index contributed by atoms with van der Waals surface area (Å²) in [4.78, 5) is 7.96. The second kappa shape index (κ2) is 2.90. The first-order valence-corrected chi connectivity index (χ1v) is 15.5. The van der Waals surface area contributed by atoms with E-state index in [1.54, 1.807) is 38.5 Å². The molecule has 0 radical (unpaired) electrons. The molecule has 3 aliphatic carbocycles. The van der Waals surface area contributed by atoms with Crippen LogP contribution in [0.3, 0.4) is 0 Å². The van der Waals surface area contributed by atoms with Crippen molar-refractivity contribution in [2.45, 2.75) is 56.8 Å². The third-order valence-corrected chi connectivity index (χ3v) is 15.9. The molecule has 0 aromatic carbocycles. The Labute approximate surface area is 81.0 Å². The molecule has 1 heteroatoms. The minimum atomic E-state index is -1.60. The van der Waals surface area contributed by atoms with E-state index in [2.05, 4.69) is 14.8 Å². The first-order valence-electron chi connectivity index (χ1n) is 5.54. The van der Waals surface area contributed by atoms with Crippen LogP contribution in [0.15, 0.2) is 0 Å². The molecule has 0 nitrogen and oxygen atoms in total. The molecule has 0 spiro atoms.